The highest BCUT2D eigenvalue weighted by molar-refractivity contribution is 6.05. The van der Waals surface area contributed by atoms with E-state index < -0.39 is 0 Å². The summed E-state index contributed by atoms with van der Waals surface area (Å²) in [6.07, 6.45) is 1.67. The molecule has 0 radical (unpaired) electrons. The lowest BCUT2D eigenvalue weighted by molar-refractivity contribution is 0.0948. The Kier molecular flexibility index (Phi) is 4.89. The van der Waals surface area contributed by atoms with Crippen LogP contribution in [0.5, 0.6) is 0 Å². The predicted molar refractivity (Wildman–Crippen MR) is 110 cm³/mol. The van der Waals surface area contributed by atoms with Gasteiger partial charge in [0.25, 0.3) is 5.91 Å². The Hall–Kier alpha value is -3.47. The van der Waals surface area contributed by atoms with Gasteiger partial charge in [0, 0.05) is 23.8 Å². The van der Waals surface area contributed by atoms with Gasteiger partial charge in [-0.15, -0.1) is 0 Å². The first-order chi connectivity index (χ1) is 13.6. The number of hydrogen-bond acceptors (Lipinski definition) is 3. The van der Waals surface area contributed by atoms with Crippen LogP contribution in [0.3, 0.4) is 0 Å². The summed E-state index contributed by atoms with van der Waals surface area (Å²) in [4.78, 5) is 16.9. The van der Waals surface area contributed by atoms with Gasteiger partial charge in [0.1, 0.15) is 5.69 Å². The first-order valence-corrected chi connectivity index (χ1v) is 9.31. The smallest absolute Gasteiger partial charge is 0.270 e. The van der Waals surface area contributed by atoms with Crippen molar-refractivity contribution in [1.82, 2.24) is 20.1 Å². The number of carbonyl (C=O) groups excluding carboxylic acids is 1. The van der Waals surface area contributed by atoms with E-state index in [9.17, 15) is 4.79 Å². The third-order valence-electron chi connectivity index (χ3n) is 4.77. The molecule has 0 spiro atoms. The predicted octanol–water partition coefficient (Wildman–Crippen LogP) is 4.03. The zero-order chi connectivity index (χ0) is 19.5. The van der Waals surface area contributed by atoms with Crippen molar-refractivity contribution in [3.8, 4) is 0 Å². The molecule has 28 heavy (non-hydrogen) atoms. The molecule has 0 atom stereocenters. The Labute approximate surface area is 164 Å². The van der Waals surface area contributed by atoms with Gasteiger partial charge in [-0.2, -0.15) is 5.10 Å². The minimum atomic E-state index is -0.166. The van der Waals surface area contributed by atoms with Gasteiger partial charge in [-0.1, -0.05) is 48.5 Å². The topological polar surface area (TPSA) is 59.8 Å². The van der Waals surface area contributed by atoms with Gasteiger partial charge >= 0.3 is 0 Å². The number of amides is 1. The van der Waals surface area contributed by atoms with Crippen molar-refractivity contribution < 1.29 is 4.79 Å². The Morgan fingerprint density at radius 2 is 1.82 bits per heavy atom. The molecular formula is C23H22N4O. The van der Waals surface area contributed by atoms with Gasteiger partial charge in [-0.25, -0.2) is 0 Å². The molecule has 0 bridgehead atoms. The fraction of sp³-hybridized carbons (Fsp3) is 0.174. The maximum absolute atomic E-state index is 12.7. The lowest BCUT2D eigenvalue weighted by Gasteiger charge is -2.09. The zero-order valence-electron chi connectivity index (χ0n) is 16.0. The Morgan fingerprint density at radius 1 is 1.00 bits per heavy atom. The second kappa shape index (κ2) is 7.64. The first kappa shape index (κ1) is 17.9. The molecule has 5 nitrogen and oxygen atoms in total. The van der Waals surface area contributed by atoms with E-state index >= 15 is 0 Å². The highest BCUT2D eigenvalue weighted by atomic mass is 16.1. The number of nitrogens with one attached hydrogen (secondary N) is 1. The number of hydrogen-bond donors (Lipinski definition) is 1. The molecule has 0 aliphatic heterocycles. The zero-order valence-corrected chi connectivity index (χ0v) is 16.0. The average molecular weight is 370 g/mol. The van der Waals surface area contributed by atoms with Crippen LogP contribution >= 0.6 is 0 Å². The summed E-state index contributed by atoms with van der Waals surface area (Å²) in [7, 11) is 0. The summed E-state index contributed by atoms with van der Waals surface area (Å²) in [6.45, 7) is 5.22. The quantitative estimate of drug-likeness (QED) is 0.577. The fourth-order valence-corrected chi connectivity index (χ4v) is 3.41. The van der Waals surface area contributed by atoms with Crippen LogP contribution in [0.15, 0.2) is 66.9 Å². The third-order valence-corrected chi connectivity index (χ3v) is 4.77. The molecule has 0 unspecified atom stereocenters. The largest absolute Gasteiger partial charge is 0.347 e. The standard InChI is InChI=1S/C23H22N4O/c1-16-12-17(2)27(26-16)15-19-7-5-6-18(13-19)14-25-23(28)22-21-9-4-3-8-20(21)10-11-24-22/h3-13H,14-15H2,1-2H3,(H,25,28). The van der Waals surface area contributed by atoms with E-state index in [4.69, 9.17) is 0 Å². The molecule has 0 aliphatic carbocycles. The van der Waals surface area contributed by atoms with Crippen molar-refractivity contribution in [1.29, 1.82) is 0 Å². The minimum absolute atomic E-state index is 0.166. The number of nitrogens with zero attached hydrogens (tertiary/aromatic N) is 3. The highest BCUT2D eigenvalue weighted by Gasteiger charge is 2.11. The third kappa shape index (κ3) is 3.78. The summed E-state index contributed by atoms with van der Waals surface area (Å²) in [5.41, 5.74) is 4.81. The first-order valence-electron chi connectivity index (χ1n) is 9.31. The maximum atomic E-state index is 12.7. The van der Waals surface area contributed by atoms with E-state index in [1.165, 1.54) is 0 Å². The number of fused-ring (bicyclic) bond motifs is 1. The molecule has 0 saturated heterocycles. The highest BCUT2D eigenvalue weighted by Crippen LogP contribution is 2.16. The normalized spacial score (nSPS) is 10.9. The van der Waals surface area contributed by atoms with Crippen molar-refractivity contribution in [3.05, 3.63) is 95.1 Å². The van der Waals surface area contributed by atoms with Crippen LogP contribution < -0.4 is 5.32 Å². The molecule has 140 valence electrons. The lowest BCUT2D eigenvalue weighted by Crippen LogP contribution is -2.24. The van der Waals surface area contributed by atoms with Crippen molar-refractivity contribution in [2.45, 2.75) is 26.9 Å². The number of carbonyl (C=O) groups is 1. The molecular weight excluding hydrogens is 348 g/mol. The van der Waals surface area contributed by atoms with Gasteiger partial charge in [0.2, 0.25) is 0 Å². The van der Waals surface area contributed by atoms with E-state index in [0.29, 0.717) is 18.8 Å². The average Bonchev–Trinajstić information content (AvgIpc) is 3.02. The second-order valence-electron chi connectivity index (χ2n) is 6.97. The number of pyridine rings is 1. The van der Waals surface area contributed by atoms with Gasteiger partial charge in [-0.3, -0.25) is 14.5 Å². The van der Waals surface area contributed by atoms with Crippen molar-refractivity contribution in [3.63, 3.8) is 0 Å². The van der Waals surface area contributed by atoms with Crippen LogP contribution in [-0.4, -0.2) is 20.7 Å². The Morgan fingerprint density at radius 3 is 2.64 bits per heavy atom. The van der Waals surface area contributed by atoms with E-state index in [1.54, 1.807) is 6.20 Å². The molecule has 2 heterocycles. The van der Waals surface area contributed by atoms with Crippen LogP contribution in [0.25, 0.3) is 10.8 Å². The van der Waals surface area contributed by atoms with Gasteiger partial charge < -0.3 is 5.32 Å². The molecule has 5 heteroatoms. The SMILES string of the molecule is Cc1cc(C)n(Cc2cccc(CNC(=O)c3nccc4ccccc34)c2)n1. The number of aromatic nitrogens is 3. The second-order valence-corrected chi connectivity index (χ2v) is 6.97. The molecule has 4 aromatic rings. The Bertz CT molecular complexity index is 1140. The van der Waals surface area contributed by atoms with Gasteiger partial charge in [0.15, 0.2) is 0 Å². The monoisotopic (exact) mass is 370 g/mol. The van der Waals surface area contributed by atoms with Gasteiger partial charge in [0.05, 0.1) is 12.2 Å². The summed E-state index contributed by atoms with van der Waals surface area (Å²) < 4.78 is 1.99. The molecule has 1 amide bonds. The summed E-state index contributed by atoms with van der Waals surface area (Å²) in [5, 5.41) is 9.38. The van der Waals surface area contributed by atoms with Crippen LogP contribution in [-0.2, 0) is 13.1 Å². The molecule has 0 saturated carbocycles. The van der Waals surface area contributed by atoms with Crippen LogP contribution in [0.2, 0.25) is 0 Å². The summed E-state index contributed by atoms with van der Waals surface area (Å²) in [5.74, 6) is -0.166. The van der Waals surface area contributed by atoms with Gasteiger partial charge in [-0.05, 0) is 42.5 Å². The van der Waals surface area contributed by atoms with E-state index in [1.807, 2.05) is 54.1 Å². The molecule has 0 aliphatic rings. The van der Waals surface area contributed by atoms with E-state index in [0.717, 1.165) is 33.3 Å². The van der Waals surface area contributed by atoms with Crippen molar-refractivity contribution in [2.75, 3.05) is 0 Å². The summed E-state index contributed by atoms with van der Waals surface area (Å²) in [6, 6.07) is 20.0. The van der Waals surface area contributed by atoms with E-state index in [-0.39, 0.29) is 5.91 Å². The van der Waals surface area contributed by atoms with Crippen molar-refractivity contribution >= 4 is 16.7 Å². The van der Waals surface area contributed by atoms with Crippen molar-refractivity contribution in [2.24, 2.45) is 0 Å². The molecule has 0 fully saturated rings. The molecule has 2 aromatic heterocycles. The number of benzene rings is 2. The maximum Gasteiger partial charge on any atom is 0.270 e. The van der Waals surface area contributed by atoms with Crippen LogP contribution in [0.1, 0.15) is 33.0 Å². The number of aryl methyl sites for hydroxylation is 2. The number of rotatable bonds is 5. The minimum Gasteiger partial charge on any atom is -0.347 e. The van der Waals surface area contributed by atoms with Crippen LogP contribution in [0, 0.1) is 13.8 Å². The Balaban J connectivity index is 1.47. The molecule has 2 aromatic carbocycles. The summed E-state index contributed by atoms with van der Waals surface area (Å²) >= 11 is 0. The lowest BCUT2D eigenvalue weighted by atomic mass is 10.1. The molecule has 1 N–H and O–H groups in total. The fourth-order valence-electron chi connectivity index (χ4n) is 3.41. The van der Waals surface area contributed by atoms with E-state index in [2.05, 4.69) is 40.5 Å². The van der Waals surface area contributed by atoms with Crippen LogP contribution in [0.4, 0.5) is 0 Å². The molecule has 4 rings (SSSR count).